The van der Waals surface area contributed by atoms with Crippen LogP contribution in [-0.4, -0.2) is 61.5 Å². The topological polar surface area (TPSA) is 88.1 Å². The Labute approximate surface area is 168 Å². The number of amides is 1. The molecule has 1 fully saturated rings. The third-order valence-electron chi connectivity index (χ3n) is 4.90. The molecule has 150 valence electrons. The average Bonchev–Trinajstić information content (AvgIpc) is 2.66. The summed E-state index contributed by atoms with van der Waals surface area (Å²) >= 11 is 12.6. The van der Waals surface area contributed by atoms with Gasteiger partial charge in [-0.05, 0) is 37.8 Å². The highest BCUT2D eigenvalue weighted by Gasteiger charge is 2.35. The standard InChI is InChI=1S/C18H24Cl2N2O5/c1-10(17(23)27-3)21-9-12-8-11(6-7-22(12)18(24)25)15-14(26-2)5-4-13(19)16(15)20/h4-5,10-12,21H,6-9H2,1-3H3,(H,24,25)/t10-,11?,12?/m0/s1. The number of benzene rings is 1. The van der Waals surface area contributed by atoms with Crippen LogP contribution in [-0.2, 0) is 9.53 Å². The summed E-state index contributed by atoms with van der Waals surface area (Å²) in [5.74, 6) is 0.221. The first-order valence-electron chi connectivity index (χ1n) is 8.62. The second kappa shape index (κ2) is 9.48. The number of hydrogen-bond acceptors (Lipinski definition) is 5. The summed E-state index contributed by atoms with van der Waals surface area (Å²) in [6.45, 7) is 2.35. The molecule has 1 aromatic carbocycles. The molecule has 0 saturated carbocycles. The number of rotatable bonds is 6. The van der Waals surface area contributed by atoms with Crippen LogP contribution in [0.3, 0.4) is 0 Å². The number of ether oxygens (including phenoxy) is 2. The quantitative estimate of drug-likeness (QED) is 0.688. The molecule has 0 radical (unpaired) electrons. The minimum atomic E-state index is -0.991. The summed E-state index contributed by atoms with van der Waals surface area (Å²) in [5.41, 5.74) is 0.794. The molecule has 1 heterocycles. The fourth-order valence-electron chi connectivity index (χ4n) is 3.44. The Bertz CT molecular complexity index is 701. The fourth-order valence-corrected chi connectivity index (χ4v) is 3.91. The maximum Gasteiger partial charge on any atom is 0.407 e. The van der Waals surface area contributed by atoms with E-state index in [4.69, 9.17) is 32.7 Å². The van der Waals surface area contributed by atoms with E-state index in [0.29, 0.717) is 41.7 Å². The monoisotopic (exact) mass is 418 g/mol. The van der Waals surface area contributed by atoms with E-state index in [2.05, 4.69) is 5.32 Å². The lowest BCUT2D eigenvalue weighted by atomic mass is 9.84. The number of carbonyl (C=O) groups excluding carboxylic acids is 1. The van der Waals surface area contributed by atoms with Crippen molar-refractivity contribution >= 4 is 35.3 Å². The number of esters is 1. The predicted molar refractivity (Wildman–Crippen MR) is 103 cm³/mol. The van der Waals surface area contributed by atoms with Crippen LogP contribution in [0, 0.1) is 0 Å². The molecule has 0 aliphatic carbocycles. The van der Waals surface area contributed by atoms with Crippen LogP contribution in [0.15, 0.2) is 12.1 Å². The molecule has 0 aromatic heterocycles. The van der Waals surface area contributed by atoms with Crippen LogP contribution >= 0.6 is 23.2 Å². The molecule has 2 unspecified atom stereocenters. The lowest BCUT2D eigenvalue weighted by molar-refractivity contribution is -0.142. The number of hydrogen-bond donors (Lipinski definition) is 2. The molecule has 0 spiro atoms. The second-order valence-electron chi connectivity index (χ2n) is 6.48. The maximum atomic E-state index is 11.6. The molecule has 27 heavy (non-hydrogen) atoms. The number of nitrogens with zero attached hydrogens (tertiary/aromatic N) is 1. The first-order chi connectivity index (χ1) is 12.8. The van der Waals surface area contributed by atoms with Crippen LogP contribution in [0.4, 0.5) is 4.79 Å². The van der Waals surface area contributed by atoms with E-state index in [-0.39, 0.29) is 12.0 Å². The van der Waals surface area contributed by atoms with E-state index < -0.39 is 18.1 Å². The normalized spacial score (nSPS) is 20.9. The van der Waals surface area contributed by atoms with E-state index in [1.54, 1.807) is 26.2 Å². The van der Waals surface area contributed by atoms with Gasteiger partial charge in [0.05, 0.1) is 24.3 Å². The van der Waals surface area contributed by atoms with Gasteiger partial charge < -0.3 is 24.8 Å². The molecule has 3 atom stereocenters. The summed E-state index contributed by atoms with van der Waals surface area (Å²) in [4.78, 5) is 24.6. The Hall–Kier alpha value is -1.70. The Balaban J connectivity index is 2.22. The Kier molecular flexibility index (Phi) is 7.59. The molecule has 1 saturated heterocycles. The molecule has 2 N–H and O–H groups in total. The van der Waals surface area contributed by atoms with Gasteiger partial charge in [0.1, 0.15) is 11.8 Å². The minimum Gasteiger partial charge on any atom is -0.496 e. The lowest BCUT2D eigenvalue weighted by Gasteiger charge is -2.39. The summed E-state index contributed by atoms with van der Waals surface area (Å²) in [6, 6.07) is 2.58. The Morgan fingerprint density at radius 2 is 2.07 bits per heavy atom. The Morgan fingerprint density at radius 3 is 2.67 bits per heavy atom. The van der Waals surface area contributed by atoms with Crippen LogP contribution < -0.4 is 10.1 Å². The van der Waals surface area contributed by atoms with Crippen molar-refractivity contribution in [3.8, 4) is 5.75 Å². The van der Waals surface area contributed by atoms with Crippen molar-refractivity contribution in [2.75, 3.05) is 27.3 Å². The molecule has 0 bridgehead atoms. The second-order valence-corrected chi connectivity index (χ2v) is 7.27. The van der Waals surface area contributed by atoms with Gasteiger partial charge in [0.25, 0.3) is 0 Å². The van der Waals surface area contributed by atoms with Gasteiger partial charge in [0.15, 0.2) is 0 Å². The van der Waals surface area contributed by atoms with Crippen molar-refractivity contribution in [1.82, 2.24) is 10.2 Å². The van der Waals surface area contributed by atoms with Crippen molar-refractivity contribution in [3.05, 3.63) is 27.7 Å². The van der Waals surface area contributed by atoms with E-state index in [1.807, 2.05) is 0 Å². The zero-order valence-corrected chi connectivity index (χ0v) is 17.0. The van der Waals surface area contributed by atoms with Crippen LogP contribution in [0.1, 0.15) is 31.2 Å². The zero-order valence-electron chi connectivity index (χ0n) is 15.5. The number of carboxylic acid groups (broad SMARTS) is 1. The van der Waals surface area contributed by atoms with Crippen LogP contribution in [0.25, 0.3) is 0 Å². The molecular weight excluding hydrogens is 395 g/mol. The number of nitrogens with one attached hydrogen (secondary N) is 1. The third kappa shape index (κ3) is 4.97. The van der Waals surface area contributed by atoms with Gasteiger partial charge in [-0.3, -0.25) is 4.79 Å². The highest BCUT2D eigenvalue weighted by molar-refractivity contribution is 6.42. The number of methoxy groups -OCH3 is 2. The van der Waals surface area contributed by atoms with Crippen molar-refractivity contribution in [1.29, 1.82) is 0 Å². The van der Waals surface area contributed by atoms with E-state index in [0.717, 1.165) is 5.56 Å². The van der Waals surface area contributed by atoms with Crippen molar-refractivity contribution in [3.63, 3.8) is 0 Å². The van der Waals surface area contributed by atoms with Gasteiger partial charge in [0.2, 0.25) is 0 Å². The van der Waals surface area contributed by atoms with E-state index in [1.165, 1.54) is 12.0 Å². The average molecular weight is 419 g/mol. The van der Waals surface area contributed by atoms with E-state index >= 15 is 0 Å². The molecule has 1 aromatic rings. The van der Waals surface area contributed by atoms with Gasteiger partial charge in [-0.2, -0.15) is 0 Å². The number of piperidine rings is 1. The number of likely N-dealkylation sites (tertiary alicyclic amines) is 1. The van der Waals surface area contributed by atoms with Crippen molar-refractivity contribution in [2.45, 2.75) is 37.8 Å². The number of halogens is 2. The van der Waals surface area contributed by atoms with Gasteiger partial charge in [-0.25, -0.2) is 4.79 Å². The molecular formula is C18H24Cl2N2O5. The lowest BCUT2D eigenvalue weighted by Crippen LogP contribution is -2.51. The largest absolute Gasteiger partial charge is 0.496 e. The van der Waals surface area contributed by atoms with Crippen molar-refractivity contribution < 1.29 is 24.2 Å². The number of carbonyl (C=O) groups is 2. The van der Waals surface area contributed by atoms with Crippen LogP contribution in [0.5, 0.6) is 5.75 Å². The SMILES string of the molecule is COC(=O)[C@H](C)NCC1CC(c2c(OC)ccc(Cl)c2Cl)CCN1C(=O)O. The van der Waals surface area contributed by atoms with Gasteiger partial charge >= 0.3 is 12.1 Å². The summed E-state index contributed by atoms with van der Waals surface area (Å²) < 4.78 is 10.1. The molecule has 1 aliphatic heterocycles. The first-order valence-corrected chi connectivity index (χ1v) is 9.38. The molecule has 1 amide bonds. The summed E-state index contributed by atoms with van der Waals surface area (Å²) in [6.07, 6.45) is 0.144. The third-order valence-corrected chi connectivity index (χ3v) is 5.72. The molecule has 2 rings (SSSR count). The Morgan fingerprint density at radius 1 is 1.37 bits per heavy atom. The smallest absolute Gasteiger partial charge is 0.407 e. The van der Waals surface area contributed by atoms with Crippen LogP contribution in [0.2, 0.25) is 10.0 Å². The summed E-state index contributed by atoms with van der Waals surface area (Å²) in [5, 5.41) is 13.4. The first kappa shape index (κ1) is 21.6. The maximum absolute atomic E-state index is 11.6. The molecule has 1 aliphatic rings. The predicted octanol–water partition coefficient (Wildman–Crippen LogP) is 3.38. The fraction of sp³-hybridized carbons (Fsp3) is 0.556. The highest BCUT2D eigenvalue weighted by atomic mass is 35.5. The minimum absolute atomic E-state index is 0.0121. The van der Waals surface area contributed by atoms with Gasteiger partial charge in [-0.1, -0.05) is 23.2 Å². The zero-order chi connectivity index (χ0) is 20.1. The van der Waals surface area contributed by atoms with Gasteiger partial charge in [0, 0.05) is 24.7 Å². The molecule has 9 heteroatoms. The van der Waals surface area contributed by atoms with Crippen molar-refractivity contribution in [2.24, 2.45) is 0 Å². The summed E-state index contributed by atoms with van der Waals surface area (Å²) in [7, 11) is 2.88. The highest BCUT2D eigenvalue weighted by Crippen LogP contribution is 2.43. The molecule has 7 nitrogen and oxygen atoms in total. The van der Waals surface area contributed by atoms with Gasteiger partial charge in [-0.15, -0.1) is 0 Å². The van der Waals surface area contributed by atoms with E-state index in [9.17, 15) is 14.7 Å².